The van der Waals surface area contributed by atoms with E-state index in [2.05, 4.69) is 15.3 Å². The maximum absolute atomic E-state index is 13.1. The number of pyridine rings is 1. The average molecular weight is 461 g/mol. The van der Waals surface area contributed by atoms with E-state index < -0.39 is 17.8 Å². The number of aryl methyl sites for hydroxylation is 2. The number of aromatic nitrogens is 2. The highest BCUT2D eigenvalue weighted by Gasteiger charge is 2.34. The summed E-state index contributed by atoms with van der Waals surface area (Å²) in [4.78, 5) is 37.6. The number of likely N-dealkylation sites (N-methyl/N-ethyl adjacent to an activating group) is 1. The van der Waals surface area contributed by atoms with E-state index in [0.29, 0.717) is 10.8 Å². The standard InChI is InChI=1S/C21H18F3N5O2S/c1-11-12(2)32-19(25-11)27-20(31)29-10-17(30)28(3)16-8-7-15(26-18(16)29)13-5-4-6-14(9-13)21(22,23)24/h4-9H,10H2,1-3H3,(H,25,27,31). The first-order valence-corrected chi connectivity index (χ1v) is 10.3. The molecule has 0 atom stereocenters. The maximum Gasteiger partial charge on any atom is 0.416 e. The highest BCUT2D eigenvalue weighted by Crippen LogP contribution is 2.36. The monoisotopic (exact) mass is 461 g/mol. The van der Waals surface area contributed by atoms with Gasteiger partial charge in [-0.2, -0.15) is 13.2 Å². The molecule has 0 saturated carbocycles. The summed E-state index contributed by atoms with van der Waals surface area (Å²) in [6.45, 7) is 3.43. The van der Waals surface area contributed by atoms with Crippen molar-refractivity contribution >= 4 is 39.9 Å². The van der Waals surface area contributed by atoms with Crippen molar-refractivity contribution in [2.45, 2.75) is 20.0 Å². The van der Waals surface area contributed by atoms with Gasteiger partial charge in [-0.3, -0.25) is 15.0 Å². The molecule has 11 heteroatoms. The number of urea groups is 1. The Kier molecular flexibility index (Phi) is 5.37. The van der Waals surface area contributed by atoms with Crippen LogP contribution < -0.4 is 15.1 Å². The lowest BCUT2D eigenvalue weighted by Crippen LogP contribution is -2.48. The van der Waals surface area contributed by atoms with Crippen molar-refractivity contribution in [1.82, 2.24) is 9.97 Å². The van der Waals surface area contributed by atoms with Crippen molar-refractivity contribution in [1.29, 1.82) is 0 Å². The van der Waals surface area contributed by atoms with Gasteiger partial charge in [0.05, 0.1) is 22.6 Å². The minimum absolute atomic E-state index is 0.171. The second-order valence-corrected chi connectivity index (χ2v) is 8.45. The molecule has 4 rings (SSSR count). The minimum atomic E-state index is -4.49. The Morgan fingerprint density at radius 3 is 2.56 bits per heavy atom. The number of hydrogen-bond acceptors (Lipinski definition) is 5. The van der Waals surface area contributed by atoms with Crippen molar-refractivity contribution in [2.24, 2.45) is 0 Å². The Bertz CT molecular complexity index is 1200. The smallest absolute Gasteiger partial charge is 0.311 e. The van der Waals surface area contributed by atoms with Crippen molar-refractivity contribution < 1.29 is 22.8 Å². The Labute approximate surface area is 185 Å². The van der Waals surface area contributed by atoms with Gasteiger partial charge in [0.15, 0.2) is 10.9 Å². The molecule has 166 valence electrons. The number of anilines is 3. The maximum atomic E-state index is 13.1. The summed E-state index contributed by atoms with van der Waals surface area (Å²) in [7, 11) is 1.55. The predicted octanol–water partition coefficient (Wildman–Crippen LogP) is 4.86. The molecule has 1 aliphatic heterocycles. The number of benzene rings is 1. The fourth-order valence-electron chi connectivity index (χ4n) is 3.22. The zero-order valence-corrected chi connectivity index (χ0v) is 18.1. The third-order valence-electron chi connectivity index (χ3n) is 5.11. The number of halogens is 3. The van der Waals surface area contributed by atoms with Crippen molar-refractivity contribution in [3.63, 3.8) is 0 Å². The quantitative estimate of drug-likeness (QED) is 0.592. The molecule has 0 unspecified atom stereocenters. The van der Waals surface area contributed by atoms with Crippen LogP contribution in [0.4, 0.5) is 34.6 Å². The van der Waals surface area contributed by atoms with Crippen LogP contribution in [0.3, 0.4) is 0 Å². The molecule has 0 saturated heterocycles. The third kappa shape index (κ3) is 4.03. The predicted molar refractivity (Wildman–Crippen MR) is 116 cm³/mol. The van der Waals surface area contributed by atoms with Crippen LogP contribution in [-0.4, -0.2) is 35.5 Å². The molecule has 3 heterocycles. The molecule has 0 fully saturated rings. The van der Waals surface area contributed by atoms with E-state index in [9.17, 15) is 22.8 Å². The second-order valence-electron chi connectivity index (χ2n) is 7.25. The Morgan fingerprint density at radius 2 is 1.91 bits per heavy atom. The van der Waals surface area contributed by atoms with Crippen LogP contribution in [0.5, 0.6) is 0 Å². The molecular weight excluding hydrogens is 443 g/mol. The summed E-state index contributed by atoms with van der Waals surface area (Å²) in [5.74, 6) is -0.155. The van der Waals surface area contributed by atoms with Crippen LogP contribution in [0.15, 0.2) is 36.4 Å². The topological polar surface area (TPSA) is 78.4 Å². The molecule has 0 radical (unpaired) electrons. The van der Waals surface area contributed by atoms with Gasteiger partial charge in [-0.15, -0.1) is 11.3 Å². The number of carbonyl (C=O) groups is 2. The van der Waals surface area contributed by atoms with Gasteiger partial charge < -0.3 is 4.90 Å². The number of alkyl halides is 3. The highest BCUT2D eigenvalue weighted by atomic mass is 32.1. The first kappa shape index (κ1) is 21.8. The summed E-state index contributed by atoms with van der Waals surface area (Å²) in [6.07, 6.45) is -4.49. The SMILES string of the molecule is Cc1nc(NC(=O)N2CC(=O)N(C)c3ccc(-c4cccc(C(F)(F)F)c4)nc32)sc1C. The summed E-state index contributed by atoms with van der Waals surface area (Å²) < 4.78 is 39.4. The molecule has 0 aliphatic carbocycles. The lowest BCUT2D eigenvalue weighted by Gasteiger charge is -2.33. The minimum Gasteiger partial charge on any atom is -0.311 e. The van der Waals surface area contributed by atoms with E-state index in [-0.39, 0.29) is 29.5 Å². The van der Waals surface area contributed by atoms with Crippen molar-refractivity contribution in [3.8, 4) is 11.3 Å². The lowest BCUT2D eigenvalue weighted by molar-refractivity contribution is -0.137. The van der Waals surface area contributed by atoms with Gasteiger partial charge in [0.25, 0.3) is 0 Å². The van der Waals surface area contributed by atoms with Gasteiger partial charge in [0, 0.05) is 17.5 Å². The molecule has 1 N–H and O–H groups in total. The van der Waals surface area contributed by atoms with E-state index in [4.69, 9.17) is 0 Å². The molecule has 3 aromatic rings. The number of nitrogens with zero attached hydrogens (tertiary/aromatic N) is 4. The van der Waals surface area contributed by atoms with Crippen molar-refractivity contribution in [2.75, 3.05) is 28.7 Å². The van der Waals surface area contributed by atoms with E-state index in [1.54, 1.807) is 13.1 Å². The van der Waals surface area contributed by atoms with E-state index in [1.807, 2.05) is 13.8 Å². The normalized spacial score (nSPS) is 13.9. The van der Waals surface area contributed by atoms with Gasteiger partial charge in [-0.05, 0) is 38.1 Å². The second kappa shape index (κ2) is 7.90. The Hall–Kier alpha value is -3.47. The number of carbonyl (C=O) groups excluding carboxylic acids is 2. The lowest BCUT2D eigenvalue weighted by atomic mass is 10.1. The van der Waals surface area contributed by atoms with Gasteiger partial charge in [0.1, 0.15) is 6.54 Å². The molecule has 7 nitrogen and oxygen atoms in total. The van der Waals surface area contributed by atoms with Crippen LogP contribution in [0, 0.1) is 13.8 Å². The fourth-order valence-corrected chi connectivity index (χ4v) is 4.03. The Morgan fingerprint density at radius 1 is 1.16 bits per heavy atom. The molecule has 2 aromatic heterocycles. The van der Waals surface area contributed by atoms with Crippen LogP contribution in [0.2, 0.25) is 0 Å². The molecule has 3 amide bonds. The van der Waals surface area contributed by atoms with E-state index in [0.717, 1.165) is 22.7 Å². The number of nitrogens with one attached hydrogen (secondary N) is 1. The van der Waals surface area contributed by atoms with Gasteiger partial charge in [-0.25, -0.2) is 14.8 Å². The zero-order chi connectivity index (χ0) is 23.2. The summed E-state index contributed by atoms with van der Waals surface area (Å²) in [6, 6.07) is 7.26. The Balaban J connectivity index is 1.73. The third-order valence-corrected chi connectivity index (χ3v) is 6.10. The van der Waals surface area contributed by atoms with Crippen LogP contribution in [0.25, 0.3) is 11.3 Å². The van der Waals surface area contributed by atoms with Crippen LogP contribution >= 0.6 is 11.3 Å². The van der Waals surface area contributed by atoms with Crippen LogP contribution in [-0.2, 0) is 11.0 Å². The van der Waals surface area contributed by atoms with E-state index in [1.165, 1.54) is 39.3 Å². The molecule has 0 spiro atoms. The summed E-state index contributed by atoms with van der Waals surface area (Å²) >= 11 is 1.30. The zero-order valence-electron chi connectivity index (χ0n) is 17.3. The fraction of sp³-hybridized carbons (Fsp3) is 0.238. The summed E-state index contributed by atoms with van der Waals surface area (Å²) in [5, 5.41) is 3.05. The van der Waals surface area contributed by atoms with Gasteiger partial charge >= 0.3 is 12.2 Å². The first-order valence-electron chi connectivity index (χ1n) is 9.52. The number of thiazole rings is 1. The molecule has 0 bridgehead atoms. The number of fused-ring (bicyclic) bond motifs is 1. The largest absolute Gasteiger partial charge is 0.416 e. The van der Waals surface area contributed by atoms with Gasteiger partial charge in [0.2, 0.25) is 5.91 Å². The number of amides is 3. The molecule has 32 heavy (non-hydrogen) atoms. The van der Waals surface area contributed by atoms with Crippen LogP contribution in [0.1, 0.15) is 16.1 Å². The molecular formula is C21H18F3N5O2S. The van der Waals surface area contributed by atoms with Gasteiger partial charge in [-0.1, -0.05) is 12.1 Å². The number of hydrogen-bond donors (Lipinski definition) is 1. The number of rotatable bonds is 2. The molecule has 1 aromatic carbocycles. The van der Waals surface area contributed by atoms with Crippen molar-refractivity contribution in [3.05, 3.63) is 52.5 Å². The first-order chi connectivity index (χ1) is 15.0. The highest BCUT2D eigenvalue weighted by molar-refractivity contribution is 7.15. The van der Waals surface area contributed by atoms with E-state index >= 15 is 0 Å². The molecule has 1 aliphatic rings. The average Bonchev–Trinajstić information content (AvgIpc) is 3.06. The summed E-state index contributed by atoms with van der Waals surface area (Å²) in [5.41, 5.74) is 0.847.